The van der Waals surface area contributed by atoms with Gasteiger partial charge in [0.15, 0.2) is 5.79 Å². The third kappa shape index (κ3) is 4.94. The molecule has 0 aromatic rings. The molecule has 1 rings (SSSR count). The summed E-state index contributed by atoms with van der Waals surface area (Å²) in [5, 5.41) is 0. The van der Waals surface area contributed by atoms with Crippen molar-refractivity contribution in [2.45, 2.75) is 58.3 Å². The molecule has 1 saturated heterocycles. The Morgan fingerprint density at radius 1 is 1.44 bits per heavy atom. The first-order chi connectivity index (χ1) is 7.53. The standard InChI is InChI=1S/C12H22O4/c1-4-5-6-7-11(13)14-8-10-9-15-12(2,3)16-10/h10H,4-9H2,1-3H3/t10-/m0/s1. The van der Waals surface area contributed by atoms with Crippen molar-refractivity contribution in [1.82, 2.24) is 0 Å². The highest BCUT2D eigenvalue weighted by atomic mass is 16.7. The maximum atomic E-state index is 11.3. The maximum absolute atomic E-state index is 11.3. The molecule has 1 heterocycles. The van der Waals surface area contributed by atoms with Gasteiger partial charge in [0.05, 0.1) is 6.61 Å². The van der Waals surface area contributed by atoms with E-state index in [0.717, 1.165) is 19.3 Å². The van der Waals surface area contributed by atoms with E-state index >= 15 is 0 Å². The number of hydrogen-bond donors (Lipinski definition) is 0. The molecule has 1 aliphatic heterocycles. The Balaban J connectivity index is 2.08. The third-order valence-corrected chi connectivity index (χ3v) is 2.48. The molecular formula is C12H22O4. The van der Waals surface area contributed by atoms with Crippen molar-refractivity contribution in [2.24, 2.45) is 0 Å². The molecule has 0 amide bonds. The molecule has 0 N–H and O–H groups in total. The molecule has 0 aromatic carbocycles. The lowest BCUT2D eigenvalue weighted by Crippen LogP contribution is -2.25. The number of rotatable bonds is 6. The van der Waals surface area contributed by atoms with Crippen LogP contribution in [0.5, 0.6) is 0 Å². The summed E-state index contributed by atoms with van der Waals surface area (Å²) in [4.78, 5) is 11.3. The fourth-order valence-electron chi connectivity index (χ4n) is 1.62. The van der Waals surface area contributed by atoms with Gasteiger partial charge in [0, 0.05) is 6.42 Å². The quantitative estimate of drug-likeness (QED) is 0.518. The summed E-state index contributed by atoms with van der Waals surface area (Å²) in [6.07, 6.45) is 3.48. The second-order valence-electron chi connectivity index (χ2n) is 4.59. The summed E-state index contributed by atoms with van der Waals surface area (Å²) in [6.45, 7) is 6.62. The lowest BCUT2D eigenvalue weighted by Gasteiger charge is -2.16. The van der Waals surface area contributed by atoms with E-state index in [9.17, 15) is 4.79 Å². The van der Waals surface area contributed by atoms with Crippen LogP contribution in [0.4, 0.5) is 0 Å². The van der Waals surface area contributed by atoms with Crippen molar-refractivity contribution in [3.8, 4) is 0 Å². The van der Waals surface area contributed by atoms with Gasteiger partial charge in [0.2, 0.25) is 0 Å². The van der Waals surface area contributed by atoms with E-state index in [1.165, 1.54) is 0 Å². The number of esters is 1. The molecule has 0 aliphatic carbocycles. The lowest BCUT2D eigenvalue weighted by molar-refractivity contribution is -0.158. The summed E-state index contributed by atoms with van der Waals surface area (Å²) in [5.41, 5.74) is 0. The van der Waals surface area contributed by atoms with Gasteiger partial charge in [-0.3, -0.25) is 4.79 Å². The highest BCUT2D eigenvalue weighted by Crippen LogP contribution is 2.22. The summed E-state index contributed by atoms with van der Waals surface area (Å²) >= 11 is 0. The van der Waals surface area contributed by atoms with Crippen LogP contribution in [0.1, 0.15) is 46.5 Å². The molecule has 0 unspecified atom stereocenters. The van der Waals surface area contributed by atoms with E-state index in [-0.39, 0.29) is 12.1 Å². The number of carbonyl (C=O) groups is 1. The molecule has 0 spiro atoms. The molecule has 0 aromatic heterocycles. The molecule has 1 atom stereocenters. The largest absolute Gasteiger partial charge is 0.463 e. The fraction of sp³-hybridized carbons (Fsp3) is 0.917. The summed E-state index contributed by atoms with van der Waals surface area (Å²) in [6, 6.07) is 0. The van der Waals surface area contributed by atoms with Gasteiger partial charge in [-0.1, -0.05) is 19.8 Å². The van der Waals surface area contributed by atoms with Crippen LogP contribution in [0.3, 0.4) is 0 Å². The van der Waals surface area contributed by atoms with Crippen molar-refractivity contribution in [2.75, 3.05) is 13.2 Å². The Bertz CT molecular complexity index is 225. The third-order valence-electron chi connectivity index (χ3n) is 2.48. The molecule has 4 nitrogen and oxygen atoms in total. The maximum Gasteiger partial charge on any atom is 0.305 e. The summed E-state index contributed by atoms with van der Waals surface area (Å²) in [5.74, 6) is -0.680. The van der Waals surface area contributed by atoms with E-state index in [1.54, 1.807) is 0 Å². The van der Waals surface area contributed by atoms with E-state index in [4.69, 9.17) is 14.2 Å². The monoisotopic (exact) mass is 230 g/mol. The minimum absolute atomic E-state index is 0.120. The van der Waals surface area contributed by atoms with Crippen molar-refractivity contribution >= 4 is 5.97 Å². The van der Waals surface area contributed by atoms with Gasteiger partial charge < -0.3 is 14.2 Å². The Hall–Kier alpha value is -0.610. The highest BCUT2D eigenvalue weighted by Gasteiger charge is 2.33. The topological polar surface area (TPSA) is 44.8 Å². The van der Waals surface area contributed by atoms with E-state index in [1.807, 2.05) is 13.8 Å². The molecule has 1 fully saturated rings. The zero-order valence-electron chi connectivity index (χ0n) is 10.5. The molecular weight excluding hydrogens is 208 g/mol. The number of ether oxygens (including phenoxy) is 3. The predicted octanol–water partition coefficient (Wildman–Crippen LogP) is 2.26. The Kier molecular flexibility index (Phi) is 5.22. The van der Waals surface area contributed by atoms with Crippen LogP contribution in [-0.2, 0) is 19.0 Å². The van der Waals surface area contributed by atoms with Crippen LogP contribution < -0.4 is 0 Å². The molecule has 0 bridgehead atoms. The van der Waals surface area contributed by atoms with Gasteiger partial charge in [-0.15, -0.1) is 0 Å². The Labute approximate surface area is 97.2 Å². The van der Waals surface area contributed by atoms with Crippen LogP contribution in [0, 0.1) is 0 Å². The fourth-order valence-corrected chi connectivity index (χ4v) is 1.62. The molecule has 16 heavy (non-hydrogen) atoms. The van der Waals surface area contributed by atoms with Crippen molar-refractivity contribution in [1.29, 1.82) is 0 Å². The average Bonchev–Trinajstić information content (AvgIpc) is 2.56. The minimum Gasteiger partial charge on any atom is -0.463 e. The molecule has 1 aliphatic rings. The van der Waals surface area contributed by atoms with Crippen LogP contribution in [0.2, 0.25) is 0 Å². The van der Waals surface area contributed by atoms with Gasteiger partial charge >= 0.3 is 5.97 Å². The van der Waals surface area contributed by atoms with Crippen LogP contribution >= 0.6 is 0 Å². The van der Waals surface area contributed by atoms with Crippen LogP contribution in [0.25, 0.3) is 0 Å². The van der Waals surface area contributed by atoms with Crippen molar-refractivity contribution < 1.29 is 19.0 Å². The minimum atomic E-state index is -0.542. The Morgan fingerprint density at radius 3 is 2.75 bits per heavy atom. The normalized spacial score (nSPS) is 23.3. The molecule has 4 heteroatoms. The highest BCUT2D eigenvalue weighted by molar-refractivity contribution is 5.69. The Morgan fingerprint density at radius 2 is 2.19 bits per heavy atom. The zero-order valence-corrected chi connectivity index (χ0v) is 10.5. The number of hydrogen-bond acceptors (Lipinski definition) is 4. The van der Waals surface area contributed by atoms with Gasteiger partial charge in [-0.2, -0.15) is 0 Å². The summed E-state index contributed by atoms with van der Waals surface area (Å²) < 4.78 is 16.0. The summed E-state index contributed by atoms with van der Waals surface area (Å²) in [7, 11) is 0. The van der Waals surface area contributed by atoms with Crippen molar-refractivity contribution in [3.05, 3.63) is 0 Å². The molecule has 94 valence electrons. The van der Waals surface area contributed by atoms with Crippen molar-refractivity contribution in [3.63, 3.8) is 0 Å². The second-order valence-corrected chi connectivity index (χ2v) is 4.59. The first-order valence-corrected chi connectivity index (χ1v) is 6.01. The number of unbranched alkanes of at least 4 members (excludes halogenated alkanes) is 2. The van der Waals surface area contributed by atoms with Gasteiger partial charge in [0.25, 0.3) is 0 Å². The van der Waals surface area contributed by atoms with E-state index < -0.39 is 5.79 Å². The second kappa shape index (κ2) is 6.21. The molecule has 0 radical (unpaired) electrons. The predicted molar refractivity (Wildman–Crippen MR) is 60.0 cm³/mol. The molecule has 0 saturated carbocycles. The number of carbonyl (C=O) groups excluding carboxylic acids is 1. The smallest absolute Gasteiger partial charge is 0.305 e. The zero-order chi connectivity index (χ0) is 12.0. The SMILES string of the molecule is CCCCCC(=O)OC[C@H]1COC(C)(C)O1. The first-order valence-electron chi connectivity index (χ1n) is 6.01. The lowest BCUT2D eigenvalue weighted by atomic mass is 10.2. The average molecular weight is 230 g/mol. The van der Waals surface area contributed by atoms with Crippen LogP contribution in [0.15, 0.2) is 0 Å². The van der Waals surface area contributed by atoms with Gasteiger partial charge in [-0.05, 0) is 20.3 Å². The first kappa shape index (κ1) is 13.5. The van der Waals surface area contributed by atoms with Crippen LogP contribution in [-0.4, -0.2) is 31.1 Å². The van der Waals surface area contributed by atoms with Gasteiger partial charge in [-0.25, -0.2) is 0 Å². The van der Waals surface area contributed by atoms with E-state index in [0.29, 0.717) is 19.6 Å². The van der Waals surface area contributed by atoms with E-state index in [2.05, 4.69) is 6.92 Å². The van der Waals surface area contributed by atoms with Gasteiger partial charge in [0.1, 0.15) is 12.7 Å².